The quantitative estimate of drug-likeness (QED) is 0.391. The highest BCUT2D eigenvalue weighted by molar-refractivity contribution is 7.91. The highest BCUT2D eigenvalue weighted by Crippen LogP contribution is 2.30. The number of benzene rings is 3. The zero-order valence-corrected chi connectivity index (χ0v) is 18.6. The van der Waals surface area contributed by atoms with Crippen molar-refractivity contribution in [3.05, 3.63) is 83.4 Å². The minimum atomic E-state index is -3.95. The van der Waals surface area contributed by atoms with Crippen LogP contribution in [0.1, 0.15) is 12.5 Å². The molecular weight excluding hydrogens is 446 g/mol. The fourth-order valence-electron chi connectivity index (χ4n) is 3.62. The molecule has 32 heavy (non-hydrogen) atoms. The van der Waals surface area contributed by atoms with Crippen LogP contribution in [0.2, 0.25) is 5.02 Å². The molecule has 5 aromatic rings. The summed E-state index contributed by atoms with van der Waals surface area (Å²) in [4.78, 5) is 4.74. The summed E-state index contributed by atoms with van der Waals surface area (Å²) in [5.41, 5.74) is 2.87. The number of fused-ring (bicyclic) bond motifs is 3. The van der Waals surface area contributed by atoms with Gasteiger partial charge in [0.05, 0.1) is 10.4 Å². The van der Waals surface area contributed by atoms with Crippen LogP contribution >= 0.6 is 11.6 Å². The van der Waals surface area contributed by atoms with Crippen LogP contribution in [0.4, 0.5) is 11.5 Å². The Kier molecular flexibility index (Phi) is 5.03. The molecule has 2 aromatic heterocycles. The molecule has 0 bridgehead atoms. The maximum Gasteiger partial charge on any atom is 0.229 e. The number of para-hydroxylation sites is 2. The Bertz CT molecular complexity index is 1560. The average Bonchev–Trinajstić information content (AvgIpc) is 3.25. The summed E-state index contributed by atoms with van der Waals surface area (Å²) in [6.45, 7) is 2.08. The molecule has 7 nitrogen and oxygen atoms in total. The Balaban J connectivity index is 1.74. The maximum absolute atomic E-state index is 13.3. The van der Waals surface area contributed by atoms with Crippen molar-refractivity contribution in [2.75, 3.05) is 5.32 Å². The lowest BCUT2D eigenvalue weighted by molar-refractivity contribution is 0.592. The Morgan fingerprint density at radius 1 is 0.969 bits per heavy atom. The molecule has 0 unspecified atom stereocenters. The van der Waals surface area contributed by atoms with Gasteiger partial charge in [-0.2, -0.15) is 4.52 Å². The summed E-state index contributed by atoms with van der Waals surface area (Å²) in [6.07, 6.45) is 0.841. The van der Waals surface area contributed by atoms with E-state index in [9.17, 15) is 8.42 Å². The van der Waals surface area contributed by atoms with Crippen molar-refractivity contribution in [3.63, 3.8) is 0 Å². The van der Waals surface area contributed by atoms with Gasteiger partial charge in [0.25, 0.3) is 0 Å². The smallest absolute Gasteiger partial charge is 0.229 e. The molecule has 1 N–H and O–H groups in total. The van der Waals surface area contributed by atoms with Crippen LogP contribution in [-0.2, 0) is 16.3 Å². The van der Waals surface area contributed by atoms with E-state index >= 15 is 0 Å². The van der Waals surface area contributed by atoms with Crippen LogP contribution in [0, 0.1) is 0 Å². The molecule has 2 heterocycles. The normalized spacial score (nSPS) is 11.8. The first-order chi connectivity index (χ1) is 15.5. The Morgan fingerprint density at radius 2 is 1.69 bits per heavy atom. The van der Waals surface area contributed by atoms with Crippen LogP contribution in [0.25, 0.3) is 16.6 Å². The van der Waals surface area contributed by atoms with Gasteiger partial charge in [-0.1, -0.05) is 54.1 Å². The van der Waals surface area contributed by atoms with E-state index in [4.69, 9.17) is 11.6 Å². The number of hydrogen-bond acceptors (Lipinski definition) is 6. The number of rotatable bonds is 5. The summed E-state index contributed by atoms with van der Waals surface area (Å²) in [5, 5.41) is 12.5. The Hall–Kier alpha value is -3.49. The van der Waals surface area contributed by atoms with Crippen molar-refractivity contribution in [1.29, 1.82) is 0 Å². The third-order valence-corrected chi connectivity index (χ3v) is 7.17. The lowest BCUT2D eigenvalue weighted by atomic mass is 10.1. The molecule has 0 aliphatic heterocycles. The van der Waals surface area contributed by atoms with E-state index in [0.29, 0.717) is 16.4 Å². The average molecular weight is 464 g/mol. The Morgan fingerprint density at radius 3 is 2.47 bits per heavy atom. The summed E-state index contributed by atoms with van der Waals surface area (Å²) in [6, 6.07) is 21.4. The zero-order chi connectivity index (χ0) is 22.3. The number of sulfone groups is 1. The van der Waals surface area contributed by atoms with Crippen LogP contribution in [0.5, 0.6) is 0 Å². The molecule has 0 radical (unpaired) electrons. The van der Waals surface area contributed by atoms with Crippen molar-refractivity contribution in [2.24, 2.45) is 0 Å². The first-order valence-corrected chi connectivity index (χ1v) is 11.8. The lowest BCUT2D eigenvalue weighted by Crippen LogP contribution is -2.06. The fourth-order valence-corrected chi connectivity index (χ4v) is 4.98. The van der Waals surface area contributed by atoms with E-state index in [-0.39, 0.29) is 15.6 Å². The van der Waals surface area contributed by atoms with E-state index in [1.807, 2.05) is 48.5 Å². The van der Waals surface area contributed by atoms with E-state index < -0.39 is 9.84 Å². The van der Waals surface area contributed by atoms with Crippen molar-refractivity contribution < 1.29 is 8.42 Å². The largest absolute Gasteiger partial charge is 0.339 e. The van der Waals surface area contributed by atoms with Gasteiger partial charge in [0, 0.05) is 16.1 Å². The number of nitrogens with one attached hydrogen (secondary N) is 1. The molecule has 0 spiro atoms. The lowest BCUT2D eigenvalue weighted by Gasteiger charge is -2.13. The summed E-state index contributed by atoms with van der Waals surface area (Å²) >= 11 is 5.92. The van der Waals surface area contributed by atoms with Gasteiger partial charge in [-0.15, -0.1) is 5.10 Å². The second kappa shape index (κ2) is 7.89. The third-order valence-electron chi connectivity index (χ3n) is 5.25. The van der Waals surface area contributed by atoms with Gasteiger partial charge < -0.3 is 5.32 Å². The molecule has 9 heteroatoms. The number of aromatic nitrogens is 4. The van der Waals surface area contributed by atoms with Gasteiger partial charge in [0.15, 0.2) is 5.65 Å². The summed E-state index contributed by atoms with van der Waals surface area (Å²) in [7, 11) is -3.95. The minimum Gasteiger partial charge on any atom is -0.339 e. The predicted molar refractivity (Wildman–Crippen MR) is 124 cm³/mol. The number of aryl methyl sites for hydroxylation is 1. The maximum atomic E-state index is 13.3. The summed E-state index contributed by atoms with van der Waals surface area (Å²) in [5.74, 6) is 0.531. The first-order valence-electron chi connectivity index (χ1n) is 9.99. The van der Waals surface area contributed by atoms with Gasteiger partial charge in [-0.3, -0.25) is 0 Å². The standard InChI is InChI=1S/C23H18ClN5O2S/c1-2-15-7-3-5-9-19(15)25-21-18-8-4-6-10-20(18)29-22(26-21)23(27-28-29)32(30,31)17-13-11-16(24)12-14-17/h3-14H,2H2,1H3,(H,25,26). The van der Waals surface area contributed by atoms with Gasteiger partial charge >= 0.3 is 0 Å². The molecule has 0 atom stereocenters. The van der Waals surface area contributed by atoms with Crippen LogP contribution < -0.4 is 5.32 Å². The van der Waals surface area contributed by atoms with Crippen LogP contribution in [0.3, 0.4) is 0 Å². The summed E-state index contributed by atoms with van der Waals surface area (Å²) < 4.78 is 28.1. The van der Waals surface area contributed by atoms with Gasteiger partial charge in [0.1, 0.15) is 5.82 Å². The highest BCUT2D eigenvalue weighted by atomic mass is 35.5. The van der Waals surface area contributed by atoms with Gasteiger partial charge in [-0.25, -0.2) is 13.4 Å². The molecule has 0 fully saturated rings. The van der Waals surface area contributed by atoms with Crippen molar-refractivity contribution >= 4 is 49.5 Å². The number of halogens is 1. The number of anilines is 2. The third kappa shape index (κ3) is 3.37. The molecule has 0 aliphatic rings. The molecular formula is C23H18ClN5O2S. The topological polar surface area (TPSA) is 89.2 Å². The van der Waals surface area contributed by atoms with Gasteiger partial charge in [-0.05, 0) is 54.4 Å². The van der Waals surface area contributed by atoms with Crippen molar-refractivity contribution in [2.45, 2.75) is 23.3 Å². The van der Waals surface area contributed by atoms with Crippen LogP contribution in [0.15, 0.2) is 82.7 Å². The molecule has 160 valence electrons. The SMILES string of the molecule is CCc1ccccc1Nc1nc2c(S(=O)(=O)c3ccc(Cl)cc3)nnn2c2ccccc12. The molecule has 3 aromatic carbocycles. The van der Waals surface area contributed by atoms with E-state index in [2.05, 4.69) is 27.5 Å². The van der Waals surface area contributed by atoms with E-state index in [1.165, 1.54) is 28.8 Å². The van der Waals surface area contributed by atoms with Crippen LogP contribution in [-0.4, -0.2) is 28.2 Å². The second-order valence-electron chi connectivity index (χ2n) is 7.20. The molecule has 5 rings (SSSR count). The molecule has 0 amide bonds. The van der Waals surface area contributed by atoms with E-state index in [0.717, 1.165) is 23.1 Å². The molecule has 0 aliphatic carbocycles. The second-order valence-corrected chi connectivity index (χ2v) is 9.50. The number of nitrogens with zero attached hydrogens (tertiary/aromatic N) is 4. The predicted octanol–water partition coefficient (Wildman–Crippen LogP) is 5.07. The highest BCUT2D eigenvalue weighted by Gasteiger charge is 2.27. The van der Waals surface area contributed by atoms with E-state index in [1.54, 1.807) is 0 Å². The number of hydrogen-bond donors (Lipinski definition) is 1. The first kappa shape index (κ1) is 20.4. The van der Waals surface area contributed by atoms with Gasteiger partial charge in [0.2, 0.25) is 14.9 Å². The van der Waals surface area contributed by atoms with Crippen molar-refractivity contribution in [3.8, 4) is 0 Å². The Labute approximate surface area is 189 Å². The monoisotopic (exact) mass is 463 g/mol. The molecule has 0 saturated carbocycles. The van der Waals surface area contributed by atoms with Crippen molar-refractivity contribution in [1.82, 2.24) is 19.8 Å². The minimum absolute atomic E-state index is 0.0742. The zero-order valence-electron chi connectivity index (χ0n) is 17.0. The molecule has 0 saturated heterocycles. The fraction of sp³-hybridized carbons (Fsp3) is 0.0870.